The standard InChI is InChI=1S/C8H6ClFO4S/c1-14-8(11)5-3-2-4-6(10)7(5)15(9,12)13/h2-4H,1H3. The van der Waals surface area contributed by atoms with Gasteiger partial charge in [0.1, 0.15) is 10.7 Å². The third kappa shape index (κ3) is 2.45. The minimum atomic E-state index is -4.32. The zero-order chi connectivity index (χ0) is 11.6. The lowest BCUT2D eigenvalue weighted by Gasteiger charge is -2.05. The Balaban J connectivity index is 3.54. The van der Waals surface area contributed by atoms with Crippen molar-refractivity contribution < 1.29 is 22.3 Å². The van der Waals surface area contributed by atoms with Crippen LogP contribution < -0.4 is 0 Å². The number of rotatable bonds is 2. The summed E-state index contributed by atoms with van der Waals surface area (Å²) in [6.45, 7) is 0. The molecule has 1 aromatic carbocycles. The van der Waals surface area contributed by atoms with Crippen molar-refractivity contribution in [3.05, 3.63) is 29.6 Å². The van der Waals surface area contributed by atoms with Crippen LogP contribution in [0.4, 0.5) is 4.39 Å². The Bertz CT molecular complexity index is 497. The van der Waals surface area contributed by atoms with Crippen molar-refractivity contribution in [1.29, 1.82) is 0 Å². The normalized spacial score (nSPS) is 11.1. The summed E-state index contributed by atoms with van der Waals surface area (Å²) in [5, 5.41) is 0. The summed E-state index contributed by atoms with van der Waals surface area (Å²) in [5.41, 5.74) is -0.424. The first-order valence-electron chi connectivity index (χ1n) is 3.69. The molecule has 0 atom stereocenters. The van der Waals surface area contributed by atoms with E-state index in [1.165, 1.54) is 6.07 Å². The summed E-state index contributed by atoms with van der Waals surface area (Å²) in [6.07, 6.45) is 0. The molecule has 82 valence electrons. The van der Waals surface area contributed by atoms with Crippen LogP contribution in [0.3, 0.4) is 0 Å². The fourth-order valence-electron chi connectivity index (χ4n) is 1.03. The van der Waals surface area contributed by atoms with Crippen molar-refractivity contribution in [2.45, 2.75) is 4.90 Å². The number of halogens is 2. The summed E-state index contributed by atoms with van der Waals surface area (Å²) in [4.78, 5) is 10.3. The molecule has 0 N–H and O–H groups in total. The van der Waals surface area contributed by atoms with Crippen LogP contribution in [0, 0.1) is 5.82 Å². The van der Waals surface area contributed by atoms with E-state index in [2.05, 4.69) is 4.74 Å². The monoisotopic (exact) mass is 252 g/mol. The van der Waals surface area contributed by atoms with E-state index in [4.69, 9.17) is 10.7 Å². The first-order valence-corrected chi connectivity index (χ1v) is 6.00. The molecule has 15 heavy (non-hydrogen) atoms. The second-order valence-corrected chi connectivity index (χ2v) is 5.05. The van der Waals surface area contributed by atoms with E-state index in [-0.39, 0.29) is 0 Å². The number of ether oxygens (including phenoxy) is 1. The molecule has 0 radical (unpaired) electrons. The van der Waals surface area contributed by atoms with Crippen molar-refractivity contribution in [3.8, 4) is 0 Å². The molecule has 0 heterocycles. The highest BCUT2D eigenvalue weighted by atomic mass is 35.7. The fraction of sp³-hybridized carbons (Fsp3) is 0.125. The van der Waals surface area contributed by atoms with Gasteiger partial charge < -0.3 is 4.74 Å². The Kier molecular flexibility index (Phi) is 3.31. The van der Waals surface area contributed by atoms with Gasteiger partial charge in [-0.3, -0.25) is 0 Å². The van der Waals surface area contributed by atoms with Gasteiger partial charge in [0.2, 0.25) is 0 Å². The molecular formula is C8H6ClFO4S. The highest BCUT2D eigenvalue weighted by Crippen LogP contribution is 2.23. The average molecular weight is 253 g/mol. The topological polar surface area (TPSA) is 60.4 Å². The summed E-state index contributed by atoms with van der Waals surface area (Å²) in [6, 6.07) is 3.19. The van der Waals surface area contributed by atoms with Crippen LogP contribution in [-0.4, -0.2) is 21.5 Å². The third-order valence-corrected chi connectivity index (χ3v) is 2.98. The van der Waals surface area contributed by atoms with Crippen LogP contribution >= 0.6 is 10.7 Å². The van der Waals surface area contributed by atoms with E-state index < -0.39 is 31.3 Å². The largest absolute Gasteiger partial charge is 0.465 e. The summed E-state index contributed by atoms with van der Waals surface area (Å²) in [7, 11) is 1.73. The van der Waals surface area contributed by atoms with E-state index in [9.17, 15) is 17.6 Å². The molecule has 0 saturated heterocycles. The summed E-state index contributed by atoms with van der Waals surface area (Å²) < 4.78 is 39.5. The van der Waals surface area contributed by atoms with Gasteiger partial charge in [-0.25, -0.2) is 17.6 Å². The average Bonchev–Trinajstić information content (AvgIpc) is 2.14. The molecule has 4 nitrogen and oxygen atoms in total. The maximum Gasteiger partial charge on any atom is 0.339 e. The lowest BCUT2D eigenvalue weighted by atomic mass is 10.2. The molecule has 0 aliphatic heterocycles. The van der Waals surface area contributed by atoms with Crippen molar-refractivity contribution in [1.82, 2.24) is 0 Å². The highest BCUT2D eigenvalue weighted by molar-refractivity contribution is 8.13. The Morgan fingerprint density at radius 2 is 2.07 bits per heavy atom. The molecule has 0 aliphatic carbocycles. The van der Waals surface area contributed by atoms with E-state index in [1.54, 1.807) is 0 Å². The summed E-state index contributed by atoms with van der Waals surface area (Å²) in [5.74, 6) is -2.05. The van der Waals surface area contributed by atoms with Crippen molar-refractivity contribution in [2.75, 3.05) is 7.11 Å². The van der Waals surface area contributed by atoms with Crippen molar-refractivity contribution >= 4 is 25.7 Å². The molecule has 1 aromatic rings. The molecule has 0 saturated carbocycles. The fourth-order valence-corrected chi connectivity index (χ4v) is 2.21. The first-order chi connectivity index (χ1) is 6.88. The van der Waals surface area contributed by atoms with E-state index in [0.29, 0.717) is 0 Å². The van der Waals surface area contributed by atoms with Crippen LogP contribution in [0.5, 0.6) is 0 Å². The minimum Gasteiger partial charge on any atom is -0.465 e. The maximum absolute atomic E-state index is 13.2. The number of hydrogen-bond donors (Lipinski definition) is 0. The number of carbonyl (C=O) groups is 1. The SMILES string of the molecule is COC(=O)c1cccc(F)c1S(=O)(=O)Cl. The first kappa shape index (κ1) is 11.9. The number of benzene rings is 1. The second-order valence-electron chi connectivity index (χ2n) is 2.55. The van der Waals surface area contributed by atoms with Gasteiger partial charge in [0.25, 0.3) is 9.05 Å². The smallest absolute Gasteiger partial charge is 0.339 e. The molecular weight excluding hydrogens is 247 g/mol. The van der Waals surface area contributed by atoms with Crippen LogP contribution in [0.2, 0.25) is 0 Å². The Morgan fingerprint density at radius 1 is 1.47 bits per heavy atom. The molecule has 0 unspecified atom stereocenters. The summed E-state index contributed by atoms with van der Waals surface area (Å²) >= 11 is 0. The van der Waals surface area contributed by atoms with Crippen LogP contribution in [0.1, 0.15) is 10.4 Å². The molecule has 0 fully saturated rings. The highest BCUT2D eigenvalue weighted by Gasteiger charge is 2.25. The van der Waals surface area contributed by atoms with Crippen LogP contribution in [0.15, 0.2) is 23.1 Å². The molecule has 0 aliphatic rings. The molecule has 0 amide bonds. The van der Waals surface area contributed by atoms with Gasteiger partial charge >= 0.3 is 5.97 Å². The lowest BCUT2D eigenvalue weighted by Crippen LogP contribution is -2.09. The van der Waals surface area contributed by atoms with E-state index in [1.807, 2.05) is 0 Å². The van der Waals surface area contributed by atoms with E-state index in [0.717, 1.165) is 19.2 Å². The maximum atomic E-state index is 13.2. The van der Waals surface area contributed by atoms with Gasteiger partial charge in [-0.2, -0.15) is 0 Å². The zero-order valence-electron chi connectivity index (χ0n) is 7.53. The van der Waals surface area contributed by atoms with Gasteiger partial charge in [0.05, 0.1) is 12.7 Å². The van der Waals surface area contributed by atoms with E-state index >= 15 is 0 Å². The quantitative estimate of drug-likeness (QED) is 0.592. The van der Waals surface area contributed by atoms with Gasteiger partial charge in [-0.15, -0.1) is 0 Å². The number of carbonyl (C=O) groups excluding carboxylic acids is 1. The van der Waals surface area contributed by atoms with Crippen LogP contribution in [-0.2, 0) is 13.8 Å². The molecule has 0 spiro atoms. The van der Waals surface area contributed by atoms with Crippen molar-refractivity contribution in [2.24, 2.45) is 0 Å². The molecule has 7 heteroatoms. The van der Waals surface area contributed by atoms with Gasteiger partial charge in [0.15, 0.2) is 0 Å². The Morgan fingerprint density at radius 3 is 2.53 bits per heavy atom. The third-order valence-electron chi connectivity index (χ3n) is 1.62. The number of esters is 1. The predicted octanol–water partition coefficient (Wildman–Crippen LogP) is 1.54. The lowest BCUT2D eigenvalue weighted by molar-refractivity contribution is 0.0595. The molecule has 0 aromatic heterocycles. The minimum absolute atomic E-state index is 0.424. The molecule has 1 rings (SSSR count). The molecule has 0 bridgehead atoms. The number of hydrogen-bond acceptors (Lipinski definition) is 4. The van der Waals surface area contributed by atoms with Crippen LogP contribution in [0.25, 0.3) is 0 Å². The number of methoxy groups -OCH3 is 1. The van der Waals surface area contributed by atoms with Gasteiger partial charge in [-0.05, 0) is 12.1 Å². The Labute approximate surface area is 90.0 Å². The van der Waals surface area contributed by atoms with Gasteiger partial charge in [-0.1, -0.05) is 6.07 Å². The van der Waals surface area contributed by atoms with Crippen molar-refractivity contribution in [3.63, 3.8) is 0 Å². The van der Waals surface area contributed by atoms with Gasteiger partial charge in [0, 0.05) is 10.7 Å². The predicted molar refractivity (Wildman–Crippen MR) is 50.8 cm³/mol. The zero-order valence-corrected chi connectivity index (χ0v) is 9.10. The second kappa shape index (κ2) is 4.16. The Hall–Kier alpha value is -1.14.